The average Bonchev–Trinajstić information content (AvgIpc) is 3.20. The summed E-state index contributed by atoms with van der Waals surface area (Å²) >= 11 is 0. The number of carbonyl (C=O) groups is 2. The van der Waals surface area contributed by atoms with Gasteiger partial charge in [-0.15, -0.1) is 0 Å². The van der Waals surface area contributed by atoms with Gasteiger partial charge in [0, 0.05) is 29.1 Å². The van der Waals surface area contributed by atoms with Gasteiger partial charge in [-0.1, -0.05) is 11.8 Å². The molecule has 0 spiro atoms. The number of hydrogen-bond acceptors (Lipinski definition) is 5. The highest BCUT2D eigenvalue weighted by molar-refractivity contribution is 6.07. The lowest BCUT2D eigenvalue weighted by molar-refractivity contribution is -0.131. The molecular formula is C26H20F2N4O3. The third-order valence-corrected chi connectivity index (χ3v) is 5.57. The van der Waals surface area contributed by atoms with Crippen LogP contribution in [0.5, 0.6) is 5.75 Å². The normalized spacial score (nSPS) is 16.2. The zero-order valence-electron chi connectivity index (χ0n) is 18.7. The first-order chi connectivity index (χ1) is 16.8. The van der Waals surface area contributed by atoms with Crippen LogP contribution in [0, 0.1) is 23.2 Å². The molecule has 4 rings (SSSR count). The Morgan fingerprint density at radius 1 is 1.17 bits per heavy atom. The number of rotatable bonds is 4. The zero-order valence-corrected chi connectivity index (χ0v) is 18.7. The number of nitriles is 1. The third kappa shape index (κ3) is 5.36. The minimum absolute atomic E-state index is 0.263. The molecule has 3 aromatic rings. The van der Waals surface area contributed by atoms with Crippen molar-refractivity contribution >= 4 is 22.7 Å². The fourth-order valence-corrected chi connectivity index (χ4v) is 3.79. The number of fused-ring (bicyclic) bond motifs is 1. The maximum absolute atomic E-state index is 13.6. The highest BCUT2D eigenvalue weighted by atomic mass is 19.3. The second-order valence-electron chi connectivity index (χ2n) is 7.98. The van der Waals surface area contributed by atoms with E-state index in [0.29, 0.717) is 16.5 Å². The minimum atomic E-state index is -3.12. The van der Waals surface area contributed by atoms with Crippen molar-refractivity contribution in [2.75, 3.05) is 20.2 Å². The molecule has 1 aromatic heterocycles. The van der Waals surface area contributed by atoms with Gasteiger partial charge >= 0.3 is 0 Å². The van der Waals surface area contributed by atoms with E-state index in [0.717, 1.165) is 16.2 Å². The molecule has 9 heteroatoms. The van der Waals surface area contributed by atoms with Crippen LogP contribution in [0.2, 0.25) is 0 Å². The Balaban J connectivity index is 1.51. The van der Waals surface area contributed by atoms with Crippen molar-refractivity contribution in [3.63, 3.8) is 0 Å². The first-order valence-electron chi connectivity index (χ1n) is 10.7. The standard InChI is InChI=1S/C26H20F2N4O3/c1-35-20-7-4-17(5-8-20)2-3-18-6-9-23-22(12-18)21(10-11-30-23)25(34)31-15-24(33)32-16-26(27,28)13-19(32)14-29/h4-12,19H,13,15-16H2,1H3,(H,31,34)/t19-/m0/s1. The van der Waals surface area contributed by atoms with Crippen molar-refractivity contribution in [2.45, 2.75) is 18.4 Å². The van der Waals surface area contributed by atoms with Crippen molar-refractivity contribution in [3.05, 3.63) is 71.4 Å². The number of nitrogens with one attached hydrogen (secondary N) is 1. The third-order valence-electron chi connectivity index (χ3n) is 5.57. The molecule has 35 heavy (non-hydrogen) atoms. The summed E-state index contributed by atoms with van der Waals surface area (Å²) in [4.78, 5) is 30.3. The van der Waals surface area contributed by atoms with Gasteiger partial charge in [0.2, 0.25) is 5.91 Å². The van der Waals surface area contributed by atoms with Gasteiger partial charge in [-0.05, 0) is 48.5 Å². The summed E-state index contributed by atoms with van der Waals surface area (Å²) in [5, 5.41) is 12.1. The second kappa shape index (κ2) is 9.78. The monoisotopic (exact) mass is 474 g/mol. The lowest BCUT2D eigenvalue weighted by atomic mass is 10.1. The Hall–Kier alpha value is -4.50. The van der Waals surface area contributed by atoms with Crippen molar-refractivity contribution < 1.29 is 23.1 Å². The first-order valence-corrected chi connectivity index (χ1v) is 10.7. The highest BCUT2D eigenvalue weighted by Gasteiger charge is 2.47. The number of halogens is 2. The van der Waals surface area contributed by atoms with E-state index in [1.165, 1.54) is 12.3 Å². The molecule has 1 atom stereocenters. The summed E-state index contributed by atoms with van der Waals surface area (Å²) in [5.74, 6) is 2.40. The Kier molecular flexibility index (Phi) is 6.61. The van der Waals surface area contributed by atoms with E-state index in [1.807, 2.05) is 12.1 Å². The summed E-state index contributed by atoms with van der Waals surface area (Å²) in [6, 6.07) is 14.5. The zero-order chi connectivity index (χ0) is 25.0. The molecule has 7 nitrogen and oxygen atoms in total. The predicted molar refractivity (Wildman–Crippen MR) is 124 cm³/mol. The van der Waals surface area contributed by atoms with Gasteiger partial charge in [0.15, 0.2) is 0 Å². The Morgan fingerprint density at radius 3 is 2.60 bits per heavy atom. The molecule has 1 fully saturated rings. The van der Waals surface area contributed by atoms with Gasteiger partial charge in [0.1, 0.15) is 11.8 Å². The molecule has 0 unspecified atom stereocenters. The highest BCUT2D eigenvalue weighted by Crippen LogP contribution is 2.31. The molecule has 176 valence electrons. The molecule has 1 N–H and O–H groups in total. The van der Waals surface area contributed by atoms with Crippen molar-refractivity contribution in [3.8, 4) is 23.7 Å². The molecule has 0 radical (unpaired) electrons. The van der Waals surface area contributed by atoms with Crippen LogP contribution in [0.15, 0.2) is 54.7 Å². The Labute approximate surface area is 200 Å². The van der Waals surface area contributed by atoms with E-state index in [-0.39, 0.29) is 5.56 Å². The number of hydrogen-bond donors (Lipinski definition) is 1. The van der Waals surface area contributed by atoms with Crippen LogP contribution >= 0.6 is 0 Å². The van der Waals surface area contributed by atoms with Gasteiger partial charge in [-0.2, -0.15) is 5.26 Å². The van der Waals surface area contributed by atoms with E-state index >= 15 is 0 Å². The number of carbonyl (C=O) groups excluding carboxylic acids is 2. The molecule has 2 amide bonds. The largest absolute Gasteiger partial charge is 0.497 e. The van der Waals surface area contributed by atoms with E-state index in [1.54, 1.807) is 43.5 Å². The number of nitrogens with zero attached hydrogens (tertiary/aromatic N) is 3. The second-order valence-corrected chi connectivity index (χ2v) is 7.98. The Bertz CT molecular complexity index is 1390. The van der Waals surface area contributed by atoms with Crippen LogP contribution < -0.4 is 10.1 Å². The molecule has 1 saturated heterocycles. The maximum Gasteiger partial charge on any atom is 0.268 e. The molecule has 0 saturated carbocycles. The maximum atomic E-state index is 13.6. The topological polar surface area (TPSA) is 95.3 Å². The molecule has 1 aliphatic heterocycles. The molecule has 1 aliphatic rings. The van der Waals surface area contributed by atoms with E-state index < -0.39 is 43.3 Å². The molecular weight excluding hydrogens is 454 g/mol. The quantitative estimate of drug-likeness (QED) is 0.587. The molecule has 2 aromatic carbocycles. The minimum Gasteiger partial charge on any atom is -0.497 e. The van der Waals surface area contributed by atoms with Crippen molar-refractivity contribution in [1.29, 1.82) is 5.26 Å². The number of aromatic nitrogens is 1. The number of benzene rings is 2. The van der Waals surface area contributed by atoms with Crippen LogP contribution in [0.1, 0.15) is 27.9 Å². The molecule has 2 heterocycles. The van der Waals surface area contributed by atoms with Gasteiger partial charge in [-0.3, -0.25) is 14.6 Å². The molecule has 0 aliphatic carbocycles. The summed E-state index contributed by atoms with van der Waals surface area (Å²) in [7, 11) is 1.58. The fourth-order valence-electron chi connectivity index (χ4n) is 3.79. The number of amides is 2. The number of alkyl halides is 2. The van der Waals surface area contributed by atoms with Gasteiger partial charge in [0.25, 0.3) is 11.8 Å². The number of ether oxygens (including phenoxy) is 1. The van der Waals surface area contributed by atoms with E-state index in [4.69, 9.17) is 10.00 Å². The lowest BCUT2D eigenvalue weighted by Gasteiger charge is -2.19. The molecule has 0 bridgehead atoms. The number of methoxy groups -OCH3 is 1. The summed E-state index contributed by atoms with van der Waals surface area (Å²) in [6.45, 7) is -1.35. The van der Waals surface area contributed by atoms with E-state index in [2.05, 4.69) is 22.1 Å². The average molecular weight is 474 g/mol. The van der Waals surface area contributed by atoms with Crippen LogP contribution in [0.25, 0.3) is 10.9 Å². The smallest absolute Gasteiger partial charge is 0.268 e. The lowest BCUT2D eigenvalue weighted by Crippen LogP contribution is -2.43. The van der Waals surface area contributed by atoms with Crippen LogP contribution in [0.3, 0.4) is 0 Å². The summed E-state index contributed by atoms with van der Waals surface area (Å²) < 4.78 is 32.4. The summed E-state index contributed by atoms with van der Waals surface area (Å²) in [5.41, 5.74) is 2.27. The van der Waals surface area contributed by atoms with Crippen molar-refractivity contribution in [1.82, 2.24) is 15.2 Å². The van der Waals surface area contributed by atoms with Gasteiger partial charge < -0.3 is 15.0 Å². The first kappa shape index (κ1) is 23.7. The van der Waals surface area contributed by atoms with Crippen LogP contribution in [0.4, 0.5) is 8.78 Å². The SMILES string of the molecule is COc1ccc(C#Cc2ccc3nccc(C(=O)NCC(=O)N4CC(F)(F)C[C@H]4C#N)c3c2)cc1. The van der Waals surface area contributed by atoms with Gasteiger partial charge in [-0.25, -0.2) is 8.78 Å². The van der Waals surface area contributed by atoms with Gasteiger partial charge in [0.05, 0.1) is 37.3 Å². The van der Waals surface area contributed by atoms with Crippen LogP contribution in [-0.4, -0.2) is 53.9 Å². The summed E-state index contributed by atoms with van der Waals surface area (Å²) in [6.07, 6.45) is 0.757. The predicted octanol–water partition coefficient (Wildman–Crippen LogP) is 3.13. The van der Waals surface area contributed by atoms with Crippen molar-refractivity contribution in [2.24, 2.45) is 0 Å². The Morgan fingerprint density at radius 2 is 1.89 bits per heavy atom. The van der Waals surface area contributed by atoms with E-state index in [9.17, 15) is 18.4 Å². The number of pyridine rings is 1. The fraction of sp³-hybridized carbons (Fsp3) is 0.231. The number of likely N-dealkylation sites (tertiary alicyclic amines) is 1. The van der Waals surface area contributed by atoms with Crippen LogP contribution in [-0.2, 0) is 4.79 Å².